The summed E-state index contributed by atoms with van der Waals surface area (Å²) in [5.41, 5.74) is 4.75. The first-order valence-corrected chi connectivity index (χ1v) is 4.96. The number of H-pyrrole nitrogens is 1. The number of aromatic nitrogens is 2. The van der Waals surface area contributed by atoms with E-state index in [-0.39, 0.29) is 0 Å². The Morgan fingerprint density at radius 2 is 2.44 bits per heavy atom. The number of aromatic amines is 1. The van der Waals surface area contributed by atoms with Crippen LogP contribution in [0.15, 0.2) is 17.1 Å². The van der Waals surface area contributed by atoms with Gasteiger partial charge in [-0.15, -0.1) is 0 Å². The van der Waals surface area contributed by atoms with E-state index in [1.165, 1.54) is 12.3 Å². The van der Waals surface area contributed by atoms with Crippen LogP contribution in [0.3, 0.4) is 0 Å². The minimum Gasteiger partial charge on any atom is -0.480 e. The van der Waals surface area contributed by atoms with Crippen LogP contribution in [0.4, 0.5) is 5.82 Å². The number of nitrogen functional groups attached to an aromatic ring is 1. The maximum absolute atomic E-state index is 10.2. The van der Waals surface area contributed by atoms with Crippen LogP contribution >= 0.6 is 12.6 Å². The minimum absolute atomic E-state index is 0.325. The lowest BCUT2D eigenvalue weighted by Crippen LogP contribution is -2.35. The SMILES string of the molecule is CNC(CS)C(=O)O.Nc1ccnc(=O)[nH]1. The van der Waals surface area contributed by atoms with Crippen molar-refractivity contribution in [2.24, 2.45) is 0 Å². The first-order chi connectivity index (χ1) is 7.51. The summed E-state index contributed by atoms with van der Waals surface area (Å²) in [6, 6.07) is 1.000. The largest absolute Gasteiger partial charge is 0.480 e. The maximum atomic E-state index is 10.2. The number of hydrogen-bond acceptors (Lipinski definition) is 6. The van der Waals surface area contributed by atoms with Crippen LogP contribution in [0.5, 0.6) is 0 Å². The smallest absolute Gasteiger partial charge is 0.346 e. The van der Waals surface area contributed by atoms with Crippen molar-refractivity contribution in [3.05, 3.63) is 22.7 Å². The van der Waals surface area contributed by atoms with Crippen LogP contribution in [0.2, 0.25) is 0 Å². The molecule has 0 aliphatic rings. The van der Waals surface area contributed by atoms with Gasteiger partial charge in [-0.2, -0.15) is 12.6 Å². The van der Waals surface area contributed by atoms with Gasteiger partial charge in [0.1, 0.15) is 11.9 Å². The van der Waals surface area contributed by atoms with Crippen molar-refractivity contribution in [2.45, 2.75) is 6.04 Å². The van der Waals surface area contributed by atoms with Gasteiger partial charge in [-0.3, -0.25) is 9.78 Å². The highest BCUT2D eigenvalue weighted by Crippen LogP contribution is 1.84. The van der Waals surface area contributed by atoms with E-state index in [0.29, 0.717) is 11.6 Å². The van der Waals surface area contributed by atoms with Gasteiger partial charge in [0.25, 0.3) is 0 Å². The Bertz CT molecular complexity index is 378. The molecule has 0 fully saturated rings. The third kappa shape index (κ3) is 6.04. The second-order valence-corrected chi connectivity index (χ2v) is 3.06. The van der Waals surface area contributed by atoms with E-state index in [1.54, 1.807) is 7.05 Å². The lowest BCUT2D eigenvalue weighted by molar-refractivity contribution is -0.138. The lowest BCUT2D eigenvalue weighted by Gasteiger charge is -2.04. The molecule has 1 heterocycles. The molecule has 0 spiro atoms. The van der Waals surface area contributed by atoms with Gasteiger partial charge in [-0.25, -0.2) is 9.78 Å². The zero-order chi connectivity index (χ0) is 12.6. The van der Waals surface area contributed by atoms with Crippen LogP contribution in [0.25, 0.3) is 0 Å². The van der Waals surface area contributed by atoms with E-state index in [0.717, 1.165) is 0 Å². The quantitative estimate of drug-likeness (QED) is 0.433. The third-order valence-electron chi connectivity index (χ3n) is 1.53. The number of carbonyl (C=O) groups is 1. The van der Waals surface area contributed by atoms with E-state index in [1.807, 2.05) is 0 Å². The molecule has 0 bridgehead atoms. The molecule has 0 saturated carbocycles. The molecule has 5 N–H and O–H groups in total. The van der Waals surface area contributed by atoms with Gasteiger partial charge in [-0.05, 0) is 13.1 Å². The van der Waals surface area contributed by atoms with E-state index in [9.17, 15) is 9.59 Å². The number of aliphatic carboxylic acids is 1. The van der Waals surface area contributed by atoms with E-state index >= 15 is 0 Å². The third-order valence-corrected chi connectivity index (χ3v) is 1.89. The zero-order valence-electron chi connectivity index (χ0n) is 8.67. The molecular weight excluding hydrogens is 232 g/mol. The van der Waals surface area contributed by atoms with Gasteiger partial charge in [-0.1, -0.05) is 0 Å². The Balaban J connectivity index is 0.000000281. The van der Waals surface area contributed by atoms with Crippen LogP contribution in [0.1, 0.15) is 0 Å². The van der Waals surface area contributed by atoms with Crippen molar-refractivity contribution >= 4 is 24.4 Å². The number of carboxylic acids is 1. The Kier molecular flexibility index (Phi) is 6.97. The van der Waals surface area contributed by atoms with Gasteiger partial charge >= 0.3 is 11.7 Å². The molecule has 0 aliphatic carbocycles. The molecule has 0 saturated heterocycles. The fraction of sp³-hybridized carbons (Fsp3) is 0.375. The predicted octanol–water partition coefficient (Wildman–Crippen LogP) is -1.06. The standard InChI is InChI=1S/C4H5N3O.C4H9NO2S/c5-3-1-2-6-4(8)7-3;1-5-3(2-8)4(6)7/h1-2H,(H3,5,6,7,8);3,5,8H,2H2,1H3,(H,6,7). The van der Waals surface area contributed by atoms with Crippen LogP contribution < -0.4 is 16.7 Å². The molecule has 0 amide bonds. The van der Waals surface area contributed by atoms with Gasteiger partial charge in [0.15, 0.2) is 0 Å². The van der Waals surface area contributed by atoms with E-state index in [2.05, 4.69) is 27.9 Å². The monoisotopic (exact) mass is 246 g/mol. The van der Waals surface area contributed by atoms with E-state index in [4.69, 9.17) is 10.8 Å². The second-order valence-electron chi connectivity index (χ2n) is 2.69. The van der Waals surface area contributed by atoms with Crippen molar-refractivity contribution in [1.29, 1.82) is 0 Å². The number of carboxylic acid groups (broad SMARTS) is 1. The highest BCUT2D eigenvalue weighted by Gasteiger charge is 2.10. The summed E-state index contributed by atoms with van der Waals surface area (Å²) in [6.07, 6.45) is 1.36. The number of thiol groups is 1. The molecule has 1 atom stereocenters. The second kappa shape index (κ2) is 7.71. The Labute approximate surface area is 97.5 Å². The number of hydrogen-bond donors (Lipinski definition) is 5. The molecule has 0 aliphatic heterocycles. The number of nitrogens with zero attached hydrogens (tertiary/aromatic N) is 1. The minimum atomic E-state index is -0.859. The topological polar surface area (TPSA) is 121 Å². The molecule has 16 heavy (non-hydrogen) atoms. The summed E-state index contributed by atoms with van der Waals surface area (Å²) in [5, 5.41) is 10.8. The fourth-order valence-corrected chi connectivity index (χ4v) is 1.01. The maximum Gasteiger partial charge on any atom is 0.346 e. The number of anilines is 1. The van der Waals surface area contributed by atoms with Crippen molar-refractivity contribution < 1.29 is 9.90 Å². The number of nitrogens with one attached hydrogen (secondary N) is 2. The van der Waals surface area contributed by atoms with Crippen LogP contribution in [-0.4, -0.2) is 39.9 Å². The lowest BCUT2D eigenvalue weighted by atomic mass is 10.3. The summed E-state index contributed by atoms with van der Waals surface area (Å²) in [7, 11) is 1.59. The number of rotatable bonds is 3. The van der Waals surface area contributed by atoms with E-state index < -0.39 is 17.7 Å². The van der Waals surface area contributed by atoms with Crippen LogP contribution in [-0.2, 0) is 4.79 Å². The van der Waals surface area contributed by atoms with Crippen molar-refractivity contribution in [3.8, 4) is 0 Å². The molecule has 90 valence electrons. The Morgan fingerprint density at radius 3 is 2.62 bits per heavy atom. The molecule has 1 unspecified atom stereocenters. The first kappa shape index (κ1) is 14.5. The van der Waals surface area contributed by atoms with Gasteiger partial charge in [0, 0.05) is 11.9 Å². The summed E-state index contributed by atoms with van der Waals surface area (Å²) in [6.45, 7) is 0. The molecule has 8 heteroatoms. The highest BCUT2D eigenvalue weighted by atomic mass is 32.1. The molecular formula is C8H14N4O3S. The molecule has 1 rings (SSSR count). The molecule has 7 nitrogen and oxygen atoms in total. The van der Waals surface area contributed by atoms with Crippen molar-refractivity contribution in [2.75, 3.05) is 18.5 Å². The van der Waals surface area contributed by atoms with Crippen LogP contribution in [0, 0.1) is 0 Å². The number of likely N-dealkylation sites (N-methyl/N-ethyl adjacent to an activating group) is 1. The summed E-state index contributed by atoms with van der Waals surface area (Å²) in [4.78, 5) is 25.9. The predicted molar refractivity (Wildman–Crippen MR) is 63.6 cm³/mol. The normalized spacial score (nSPS) is 11.1. The summed E-state index contributed by atoms with van der Waals surface area (Å²) >= 11 is 3.79. The fourth-order valence-electron chi connectivity index (χ4n) is 0.676. The molecule has 0 aromatic carbocycles. The molecule has 1 aromatic heterocycles. The van der Waals surface area contributed by atoms with Gasteiger partial charge in [0.05, 0.1) is 0 Å². The van der Waals surface area contributed by atoms with Crippen molar-refractivity contribution in [3.63, 3.8) is 0 Å². The number of nitrogens with two attached hydrogens (primary N) is 1. The molecule has 1 aromatic rings. The van der Waals surface area contributed by atoms with Gasteiger partial charge < -0.3 is 16.2 Å². The Morgan fingerprint density at radius 1 is 1.81 bits per heavy atom. The summed E-state index contributed by atoms with van der Waals surface area (Å²) < 4.78 is 0. The zero-order valence-corrected chi connectivity index (χ0v) is 9.57. The average molecular weight is 246 g/mol. The molecule has 0 radical (unpaired) electrons. The average Bonchev–Trinajstić information content (AvgIpc) is 2.19. The van der Waals surface area contributed by atoms with Gasteiger partial charge in [0.2, 0.25) is 0 Å². The Hall–Kier alpha value is -1.54. The first-order valence-electron chi connectivity index (χ1n) is 4.33. The summed E-state index contributed by atoms with van der Waals surface area (Å²) in [5.74, 6) is -0.196. The van der Waals surface area contributed by atoms with Crippen molar-refractivity contribution in [1.82, 2.24) is 15.3 Å². The highest BCUT2D eigenvalue weighted by molar-refractivity contribution is 7.80.